The van der Waals surface area contributed by atoms with Crippen LogP contribution in [0.4, 0.5) is 11.4 Å². The smallest absolute Gasteiger partial charge is 0.122 e. The molecule has 0 amide bonds. The van der Waals surface area contributed by atoms with Crippen LogP contribution in [0.3, 0.4) is 0 Å². The molecule has 0 aliphatic heterocycles. The number of methoxy groups -OCH3 is 1. The van der Waals surface area contributed by atoms with Crippen molar-refractivity contribution in [3.05, 3.63) is 40.6 Å². The van der Waals surface area contributed by atoms with Gasteiger partial charge in [0, 0.05) is 34.4 Å². The Morgan fingerprint density at radius 2 is 2.11 bits per heavy atom. The van der Waals surface area contributed by atoms with E-state index in [1.165, 1.54) is 4.88 Å². The van der Waals surface area contributed by atoms with E-state index in [4.69, 9.17) is 10.5 Å². The van der Waals surface area contributed by atoms with E-state index in [9.17, 15) is 0 Å². The number of nitrogens with two attached hydrogens (primary N) is 1. The Morgan fingerprint density at radius 1 is 1.32 bits per heavy atom. The molecule has 1 heterocycles. The second kappa shape index (κ2) is 5.97. The summed E-state index contributed by atoms with van der Waals surface area (Å²) >= 11 is 1.77. The van der Waals surface area contributed by atoms with Crippen molar-refractivity contribution in [3.8, 4) is 5.75 Å². The van der Waals surface area contributed by atoms with Gasteiger partial charge in [0.15, 0.2) is 0 Å². The van der Waals surface area contributed by atoms with Crippen molar-refractivity contribution in [3.63, 3.8) is 0 Å². The zero-order chi connectivity index (χ0) is 13.8. The van der Waals surface area contributed by atoms with Gasteiger partial charge in [-0.3, -0.25) is 0 Å². The van der Waals surface area contributed by atoms with Crippen molar-refractivity contribution in [1.29, 1.82) is 0 Å². The van der Waals surface area contributed by atoms with Crippen LogP contribution in [0.25, 0.3) is 0 Å². The van der Waals surface area contributed by atoms with Crippen LogP contribution in [-0.4, -0.2) is 13.2 Å². The third-order valence-electron chi connectivity index (χ3n) is 3.01. The second-order valence-corrected chi connectivity index (χ2v) is 5.80. The van der Waals surface area contributed by atoms with Gasteiger partial charge in [-0.15, -0.1) is 11.3 Å². The lowest BCUT2D eigenvalue weighted by atomic mass is 10.2. The summed E-state index contributed by atoms with van der Waals surface area (Å²) in [6, 6.07) is 10.5. The third-order valence-corrected chi connectivity index (χ3v) is 3.87. The van der Waals surface area contributed by atoms with E-state index in [0.29, 0.717) is 6.04 Å². The van der Waals surface area contributed by atoms with E-state index in [2.05, 4.69) is 36.3 Å². The number of rotatable bonds is 5. The lowest BCUT2D eigenvalue weighted by Crippen LogP contribution is -2.29. The van der Waals surface area contributed by atoms with Gasteiger partial charge in [0.25, 0.3) is 0 Å². The number of benzene rings is 1. The molecule has 1 aromatic carbocycles. The van der Waals surface area contributed by atoms with Crippen molar-refractivity contribution in [2.24, 2.45) is 0 Å². The molecule has 1 aromatic heterocycles. The summed E-state index contributed by atoms with van der Waals surface area (Å²) in [6.45, 7) is 5.26. The molecule has 0 saturated carbocycles. The van der Waals surface area contributed by atoms with Crippen LogP contribution in [0.2, 0.25) is 0 Å². The molecule has 2 aromatic rings. The molecule has 0 saturated heterocycles. The zero-order valence-electron chi connectivity index (χ0n) is 11.6. The third kappa shape index (κ3) is 3.41. The Labute approximate surface area is 118 Å². The number of thiophene rings is 1. The van der Waals surface area contributed by atoms with E-state index < -0.39 is 0 Å². The maximum atomic E-state index is 5.94. The predicted molar refractivity (Wildman–Crippen MR) is 83.0 cm³/mol. The molecule has 4 heteroatoms. The van der Waals surface area contributed by atoms with E-state index >= 15 is 0 Å². The van der Waals surface area contributed by atoms with Crippen LogP contribution in [0.5, 0.6) is 5.75 Å². The average molecular weight is 276 g/mol. The van der Waals surface area contributed by atoms with E-state index in [0.717, 1.165) is 23.7 Å². The molecular weight excluding hydrogens is 256 g/mol. The summed E-state index contributed by atoms with van der Waals surface area (Å²) in [5.74, 6) is 0.798. The molecule has 0 spiro atoms. The van der Waals surface area contributed by atoms with Crippen LogP contribution < -0.4 is 15.4 Å². The van der Waals surface area contributed by atoms with Crippen molar-refractivity contribution in [2.45, 2.75) is 26.4 Å². The molecule has 2 rings (SSSR count). The minimum absolute atomic E-state index is 0.397. The Balaban J connectivity index is 2.30. The molecule has 0 radical (unpaired) electrons. The monoisotopic (exact) mass is 276 g/mol. The van der Waals surface area contributed by atoms with Gasteiger partial charge in [0.1, 0.15) is 5.75 Å². The van der Waals surface area contributed by atoms with Gasteiger partial charge in [-0.25, -0.2) is 0 Å². The number of nitrogens with zero attached hydrogens (tertiary/aromatic N) is 1. The van der Waals surface area contributed by atoms with Crippen molar-refractivity contribution < 1.29 is 4.74 Å². The molecule has 0 bridgehead atoms. The number of ether oxygens (including phenoxy) is 1. The van der Waals surface area contributed by atoms with Gasteiger partial charge in [0.2, 0.25) is 0 Å². The maximum Gasteiger partial charge on any atom is 0.122 e. The van der Waals surface area contributed by atoms with Crippen LogP contribution in [0, 0.1) is 0 Å². The molecule has 19 heavy (non-hydrogen) atoms. The standard InChI is InChI=1S/C15H20N2OS/c1-11(2)17(10-15-5-4-6-19-15)13-7-12(16)8-14(9-13)18-3/h4-9,11H,10,16H2,1-3H3. The highest BCUT2D eigenvalue weighted by molar-refractivity contribution is 7.09. The lowest BCUT2D eigenvalue weighted by molar-refractivity contribution is 0.415. The second-order valence-electron chi connectivity index (χ2n) is 4.77. The van der Waals surface area contributed by atoms with Crippen LogP contribution in [0.1, 0.15) is 18.7 Å². The van der Waals surface area contributed by atoms with Crippen molar-refractivity contribution in [2.75, 3.05) is 17.7 Å². The Morgan fingerprint density at radius 3 is 2.68 bits per heavy atom. The molecular formula is C15H20N2OS. The first-order chi connectivity index (χ1) is 9.10. The number of hydrogen-bond donors (Lipinski definition) is 1. The quantitative estimate of drug-likeness (QED) is 0.845. The fourth-order valence-corrected chi connectivity index (χ4v) is 2.73. The predicted octanol–water partition coefficient (Wildman–Crippen LogP) is 3.75. The van der Waals surface area contributed by atoms with E-state index in [1.54, 1.807) is 18.4 Å². The molecule has 102 valence electrons. The maximum absolute atomic E-state index is 5.94. The highest BCUT2D eigenvalue weighted by Gasteiger charge is 2.13. The normalized spacial score (nSPS) is 10.7. The van der Waals surface area contributed by atoms with E-state index in [1.807, 2.05) is 18.2 Å². The van der Waals surface area contributed by atoms with Crippen molar-refractivity contribution in [1.82, 2.24) is 0 Å². The topological polar surface area (TPSA) is 38.5 Å². The van der Waals surface area contributed by atoms with Crippen LogP contribution in [0.15, 0.2) is 35.7 Å². The van der Waals surface area contributed by atoms with Crippen LogP contribution in [-0.2, 0) is 6.54 Å². The van der Waals surface area contributed by atoms with Gasteiger partial charge in [-0.1, -0.05) is 6.07 Å². The van der Waals surface area contributed by atoms with Gasteiger partial charge in [0.05, 0.1) is 13.7 Å². The van der Waals surface area contributed by atoms with E-state index in [-0.39, 0.29) is 0 Å². The van der Waals surface area contributed by atoms with Crippen molar-refractivity contribution >= 4 is 22.7 Å². The summed E-state index contributed by atoms with van der Waals surface area (Å²) in [4.78, 5) is 3.67. The highest BCUT2D eigenvalue weighted by Crippen LogP contribution is 2.28. The Hall–Kier alpha value is -1.68. The molecule has 0 atom stereocenters. The first-order valence-electron chi connectivity index (χ1n) is 6.33. The molecule has 3 nitrogen and oxygen atoms in total. The van der Waals surface area contributed by atoms with Gasteiger partial charge in [-0.05, 0) is 31.4 Å². The highest BCUT2D eigenvalue weighted by atomic mass is 32.1. The SMILES string of the molecule is COc1cc(N)cc(N(Cc2cccs2)C(C)C)c1. The molecule has 0 aliphatic rings. The lowest BCUT2D eigenvalue weighted by Gasteiger charge is -2.29. The van der Waals surface area contributed by atoms with Gasteiger partial charge in [-0.2, -0.15) is 0 Å². The van der Waals surface area contributed by atoms with Gasteiger partial charge < -0.3 is 15.4 Å². The minimum atomic E-state index is 0.397. The summed E-state index contributed by atoms with van der Waals surface area (Å²) < 4.78 is 5.30. The zero-order valence-corrected chi connectivity index (χ0v) is 12.4. The van der Waals surface area contributed by atoms with Crippen LogP contribution >= 0.6 is 11.3 Å². The number of hydrogen-bond acceptors (Lipinski definition) is 4. The summed E-state index contributed by atoms with van der Waals surface area (Å²) in [5, 5.41) is 2.10. The largest absolute Gasteiger partial charge is 0.497 e. The molecule has 2 N–H and O–H groups in total. The molecule has 0 unspecified atom stereocenters. The summed E-state index contributed by atoms with van der Waals surface area (Å²) in [6.07, 6.45) is 0. The minimum Gasteiger partial charge on any atom is -0.497 e. The first kappa shape index (κ1) is 13.7. The summed E-state index contributed by atoms with van der Waals surface area (Å²) in [5.41, 5.74) is 7.77. The molecule has 0 fully saturated rings. The average Bonchev–Trinajstić information content (AvgIpc) is 2.87. The Bertz CT molecular complexity index is 523. The fraction of sp³-hybridized carbons (Fsp3) is 0.333. The fourth-order valence-electron chi connectivity index (χ4n) is 2.03. The van der Waals surface area contributed by atoms with Gasteiger partial charge >= 0.3 is 0 Å². The first-order valence-corrected chi connectivity index (χ1v) is 7.21. The Kier molecular flexibility index (Phi) is 4.32. The number of nitrogen functional groups attached to an aromatic ring is 1. The number of anilines is 2. The summed E-state index contributed by atoms with van der Waals surface area (Å²) in [7, 11) is 1.66. The molecule has 0 aliphatic carbocycles.